The fourth-order valence-electron chi connectivity index (χ4n) is 5.09. The van der Waals surface area contributed by atoms with Crippen molar-refractivity contribution in [2.24, 2.45) is 0 Å². The molecular weight excluding hydrogens is 412 g/mol. The molecule has 0 bridgehead atoms. The van der Waals surface area contributed by atoms with Gasteiger partial charge in [-0.25, -0.2) is 4.98 Å². The number of aromatic nitrogens is 2. The van der Waals surface area contributed by atoms with Crippen LogP contribution in [0.3, 0.4) is 0 Å². The van der Waals surface area contributed by atoms with Gasteiger partial charge in [0.15, 0.2) is 0 Å². The Morgan fingerprint density at radius 2 is 1.03 bits per heavy atom. The van der Waals surface area contributed by atoms with Crippen molar-refractivity contribution in [1.29, 1.82) is 0 Å². The standard InChI is InChI=1S/C32H20N2/c1-2-13-24-21(9-1)10-8-18-25(24)22-11-7-12-23(19-22)30-20-33-31-28-16-5-3-14-26(28)27-15-4-6-17-29(27)32(31)34-30/h1-20H. The Morgan fingerprint density at radius 1 is 0.441 bits per heavy atom. The zero-order valence-electron chi connectivity index (χ0n) is 18.4. The summed E-state index contributed by atoms with van der Waals surface area (Å²) in [6, 6.07) is 40.6. The van der Waals surface area contributed by atoms with E-state index in [1.54, 1.807) is 0 Å². The molecule has 0 aliphatic carbocycles. The van der Waals surface area contributed by atoms with Crippen LogP contribution >= 0.6 is 0 Å². The highest BCUT2D eigenvalue weighted by molar-refractivity contribution is 6.23. The summed E-state index contributed by atoms with van der Waals surface area (Å²) in [5.41, 5.74) is 6.25. The number of hydrogen-bond acceptors (Lipinski definition) is 2. The summed E-state index contributed by atoms with van der Waals surface area (Å²) in [5, 5.41) is 7.20. The van der Waals surface area contributed by atoms with Gasteiger partial charge in [0, 0.05) is 16.3 Å². The lowest BCUT2D eigenvalue weighted by atomic mass is 9.96. The van der Waals surface area contributed by atoms with Crippen LogP contribution in [-0.4, -0.2) is 9.97 Å². The molecule has 0 aliphatic rings. The first-order valence-corrected chi connectivity index (χ1v) is 11.5. The Hall–Kier alpha value is -4.56. The van der Waals surface area contributed by atoms with E-state index in [-0.39, 0.29) is 0 Å². The fourth-order valence-corrected chi connectivity index (χ4v) is 5.09. The van der Waals surface area contributed by atoms with Crippen molar-refractivity contribution in [3.05, 3.63) is 121 Å². The fraction of sp³-hybridized carbons (Fsp3) is 0. The molecule has 0 saturated heterocycles. The molecule has 1 aromatic heterocycles. The molecule has 2 heteroatoms. The van der Waals surface area contributed by atoms with E-state index in [0.29, 0.717) is 0 Å². The van der Waals surface area contributed by atoms with Crippen molar-refractivity contribution in [3.8, 4) is 22.4 Å². The van der Waals surface area contributed by atoms with Gasteiger partial charge >= 0.3 is 0 Å². The summed E-state index contributed by atoms with van der Waals surface area (Å²) in [7, 11) is 0. The third-order valence-corrected chi connectivity index (χ3v) is 6.69. The monoisotopic (exact) mass is 432 g/mol. The lowest BCUT2D eigenvalue weighted by Gasteiger charge is -2.11. The van der Waals surface area contributed by atoms with Crippen LogP contribution in [0.5, 0.6) is 0 Å². The van der Waals surface area contributed by atoms with Gasteiger partial charge in [-0.05, 0) is 38.7 Å². The molecule has 7 aromatic rings. The van der Waals surface area contributed by atoms with Gasteiger partial charge in [-0.1, -0.05) is 109 Å². The largest absolute Gasteiger partial charge is 0.252 e. The Morgan fingerprint density at radius 3 is 1.82 bits per heavy atom. The van der Waals surface area contributed by atoms with E-state index >= 15 is 0 Å². The summed E-state index contributed by atoms with van der Waals surface area (Å²) in [4.78, 5) is 10.1. The molecule has 7 rings (SSSR count). The number of benzene rings is 6. The maximum Gasteiger partial charge on any atom is 0.0979 e. The molecule has 2 nitrogen and oxygen atoms in total. The summed E-state index contributed by atoms with van der Waals surface area (Å²) in [5.74, 6) is 0. The Kier molecular flexibility index (Phi) is 4.18. The van der Waals surface area contributed by atoms with Gasteiger partial charge in [0.2, 0.25) is 0 Å². The van der Waals surface area contributed by atoms with E-state index in [9.17, 15) is 0 Å². The van der Waals surface area contributed by atoms with E-state index in [0.717, 1.165) is 33.1 Å². The van der Waals surface area contributed by atoms with E-state index in [1.165, 1.54) is 32.7 Å². The Bertz CT molecular complexity index is 1830. The summed E-state index contributed by atoms with van der Waals surface area (Å²) in [6.07, 6.45) is 1.91. The molecule has 0 N–H and O–H groups in total. The molecule has 0 radical (unpaired) electrons. The lowest BCUT2D eigenvalue weighted by molar-refractivity contribution is 1.31. The topological polar surface area (TPSA) is 25.8 Å². The number of hydrogen-bond donors (Lipinski definition) is 0. The van der Waals surface area contributed by atoms with Gasteiger partial charge in [0.25, 0.3) is 0 Å². The van der Waals surface area contributed by atoms with Crippen LogP contribution < -0.4 is 0 Å². The minimum atomic E-state index is 0.884. The van der Waals surface area contributed by atoms with Crippen LogP contribution in [0.25, 0.3) is 65.7 Å². The summed E-state index contributed by atoms with van der Waals surface area (Å²) < 4.78 is 0. The van der Waals surface area contributed by atoms with Gasteiger partial charge in [0.05, 0.1) is 22.9 Å². The second kappa shape index (κ2) is 7.50. The first-order chi connectivity index (χ1) is 16.9. The first kappa shape index (κ1) is 19.0. The number of rotatable bonds is 2. The molecule has 0 saturated carbocycles. The second-order valence-electron chi connectivity index (χ2n) is 8.65. The van der Waals surface area contributed by atoms with E-state index in [4.69, 9.17) is 9.97 Å². The molecule has 1 heterocycles. The SMILES string of the molecule is c1cc(-c2cnc3c4ccccc4c4ccccc4c3n2)cc(-c2cccc3ccccc23)c1. The van der Waals surface area contributed by atoms with Crippen LogP contribution in [0, 0.1) is 0 Å². The zero-order chi connectivity index (χ0) is 22.5. The highest BCUT2D eigenvalue weighted by Gasteiger charge is 2.12. The summed E-state index contributed by atoms with van der Waals surface area (Å²) in [6.45, 7) is 0. The molecule has 6 aromatic carbocycles. The average Bonchev–Trinajstić information content (AvgIpc) is 2.93. The first-order valence-electron chi connectivity index (χ1n) is 11.5. The predicted octanol–water partition coefficient (Wildman–Crippen LogP) is 8.42. The van der Waals surface area contributed by atoms with Gasteiger partial charge in [0.1, 0.15) is 0 Å². The third kappa shape index (κ3) is 2.89. The Balaban J connectivity index is 1.46. The van der Waals surface area contributed by atoms with Gasteiger partial charge in [-0.3, -0.25) is 4.98 Å². The van der Waals surface area contributed by atoms with Gasteiger partial charge in [-0.15, -0.1) is 0 Å². The van der Waals surface area contributed by atoms with E-state index < -0.39 is 0 Å². The van der Waals surface area contributed by atoms with Crippen LogP contribution in [0.4, 0.5) is 0 Å². The molecule has 0 spiro atoms. The van der Waals surface area contributed by atoms with Gasteiger partial charge in [-0.2, -0.15) is 0 Å². The van der Waals surface area contributed by atoms with Crippen LogP contribution in [-0.2, 0) is 0 Å². The Labute approximate surface area is 197 Å². The van der Waals surface area contributed by atoms with E-state index in [2.05, 4.69) is 115 Å². The van der Waals surface area contributed by atoms with Crippen molar-refractivity contribution in [1.82, 2.24) is 9.97 Å². The molecule has 0 atom stereocenters. The lowest BCUT2D eigenvalue weighted by Crippen LogP contribution is -1.92. The second-order valence-corrected chi connectivity index (χ2v) is 8.65. The zero-order valence-corrected chi connectivity index (χ0v) is 18.4. The molecule has 34 heavy (non-hydrogen) atoms. The maximum atomic E-state index is 5.16. The molecular formula is C32H20N2. The third-order valence-electron chi connectivity index (χ3n) is 6.69. The quantitative estimate of drug-likeness (QED) is 0.256. The van der Waals surface area contributed by atoms with Gasteiger partial charge < -0.3 is 0 Å². The molecule has 158 valence electrons. The van der Waals surface area contributed by atoms with Crippen LogP contribution in [0.2, 0.25) is 0 Å². The summed E-state index contributed by atoms with van der Waals surface area (Å²) >= 11 is 0. The molecule has 0 aliphatic heterocycles. The molecule has 0 fully saturated rings. The van der Waals surface area contributed by atoms with Crippen molar-refractivity contribution < 1.29 is 0 Å². The van der Waals surface area contributed by atoms with Crippen molar-refractivity contribution >= 4 is 43.4 Å². The minimum absolute atomic E-state index is 0.884. The average molecular weight is 433 g/mol. The smallest absolute Gasteiger partial charge is 0.0979 e. The van der Waals surface area contributed by atoms with Crippen LogP contribution in [0.1, 0.15) is 0 Å². The molecule has 0 unspecified atom stereocenters. The van der Waals surface area contributed by atoms with Crippen molar-refractivity contribution in [2.75, 3.05) is 0 Å². The van der Waals surface area contributed by atoms with Crippen molar-refractivity contribution in [2.45, 2.75) is 0 Å². The normalized spacial score (nSPS) is 11.5. The minimum Gasteiger partial charge on any atom is -0.252 e. The highest BCUT2D eigenvalue weighted by Crippen LogP contribution is 2.35. The number of fused-ring (bicyclic) bond motifs is 7. The molecule has 0 amide bonds. The number of nitrogens with zero attached hydrogens (tertiary/aromatic N) is 2. The maximum absolute atomic E-state index is 5.16. The van der Waals surface area contributed by atoms with Crippen LogP contribution in [0.15, 0.2) is 121 Å². The van der Waals surface area contributed by atoms with E-state index in [1.807, 2.05) is 6.20 Å². The highest BCUT2D eigenvalue weighted by atomic mass is 14.8. The predicted molar refractivity (Wildman–Crippen MR) is 143 cm³/mol. The van der Waals surface area contributed by atoms with Crippen molar-refractivity contribution in [3.63, 3.8) is 0 Å².